The SMILES string of the molecule is CC(C(=O)NCCCNc1cc(-c2ccccc2Cl)nc2c(Br)cnn12)c1ccccc1. The molecule has 0 bridgehead atoms. The van der Waals surface area contributed by atoms with Gasteiger partial charge < -0.3 is 10.6 Å². The molecule has 0 fully saturated rings. The maximum Gasteiger partial charge on any atom is 0.227 e. The molecule has 0 saturated carbocycles. The summed E-state index contributed by atoms with van der Waals surface area (Å²) in [5.41, 5.74) is 3.33. The predicted molar refractivity (Wildman–Crippen MR) is 132 cm³/mol. The van der Waals surface area contributed by atoms with Crippen LogP contribution in [0.25, 0.3) is 16.9 Å². The number of aromatic nitrogens is 3. The second kappa shape index (κ2) is 10.1. The van der Waals surface area contributed by atoms with Crippen molar-refractivity contribution in [1.82, 2.24) is 19.9 Å². The Morgan fingerprint density at radius 1 is 1.12 bits per heavy atom. The fraction of sp³-hybridized carbons (Fsp3) is 0.208. The fourth-order valence-corrected chi connectivity index (χ4v) is 4.01. The molecule has 0 aliphatic heterocycles. The first-order valence-corrected chi connectivity index (χ1v) is 11.6. The number of hydrogen-bond acceptors (Lipinski definition) is 4. The van der Waals surface area contributed by atoms with Crippen LogP contribution in [0.15, 0.2) is 71.3 Å². The van der Waals surface area contributed by atoms with Crippen molar-refractivity contribution >= 4 is 44.9 Å². The Morgan fingerprint density at radius 2 is 1.88 bits per heavy atom. The highest BCUT2D eigenvalue weighted by molar-refractivity contribution is 9.10. The molecule has 2 aromatic heterocycles. The summed E-state index contributed by atoms with van der Waals surface area (Å²) in [6.07, 6.45) is 2.48. The highest BCUT2D eigenvalue weighted by Crippen LogP contribution is 2.30. The Morgan fingerprint density at radius 3 is 2.66 bits per heavy atom. The van der Waals surface area contributed by atoms with Crippen molar-refractivity contribution in [3.63, 3.8) is 0 Å². The van der Waals surface area contributed by atoms with Crippen molar-refractivity contribution in [2.75, 3.05) is 18.4 Å². The van der Waals surface area contributed by atoms with Gasteiger partial charge in [0.2, 0.25) is 5.91 Å². The van der Waals surface area contributed by atoms with E-state index in [2.05, 4.69) is 31.7 Å². The number of halogens is 2. The number of hydrogen-bond donors (Lipinski definition) is 2. The number of carbonyl (C=O) groups is 1. The Hall–Kier alpha value is -2.90. The number of benzene rings is 2. The monoisotopic (exact) mass is 511 g/mol. The summed E-state index contributed by atoms with van der Waals surface area (Å²) in [6.45, 7) is 3.17. The van der Waals surface area contributed by atoms with Crippen LogP contribution in [-0.2, 0) is 4.79 Å². The van der Waals surface area contributed by atoms with E-state index in [1.54, 1.807) is 10.7 Å². The molecule has 2 N–H and O–H groups in total. The number of carbonyl (C=O) groups excluding carboxylic acids is 1. The molecule has 0 aliphatic carbocycles. The highest BCUT2D eigenvalue weighted by atomic mass is 79.9. The van der Waals surface area contributed by atoms with Crippen LogP contribution in [0.5, 0.6) is 0 Å². The molecule has 1 atom stereocenters. The largest absolute Gasteiger partial charge is 0.370 e. The smallest absolute Gasteiger partial charge is 0.227 e. The van der Waals surface area contributed by atoms with Gasteiger partial charge in [-0.05, 0) is 40.9 Å². The molecule has 0 radical (unpaired) electrons. The molecule has 8 heteroatoms. The van der Waals surface area contributed by atoms with Gasteiger partial charge in [0.25, 0.3) is 0 Å². The topological polar surface area (TPSA) is 71.3 Å². The van der Waals surface area contributed by atoms with Gasteiger partial charge in [-0.15, -0.1) is 0 Å². The zero-order chi connectivity index (χ0) is 22.5. The van der Waals surface area contributed by atoms with Gasteiger partial charge in [0.1, 0.15) is 5.82 Å². The number of amides is 1. The van der Waals surface area contributed by atoms with Crippen molar-refractivity contribution in [2.45, 2.75) is 19.3 Å². The Labute approximate surface area is 200 Å². The van der Waals surface area contributed by atoms with Gasteiger partial charge in [0, 0.05) is 29.7 Å². The first-order chi connectivity index (χ1) is 15.5. The van der Waals surface area contributed by atoms with Crippen LogP contribution < -0.4 is 10.6 Å². The van der Waals surface area contributed by atoms with Gasteiger partial charge in [-0.1, -0.05) is 60.1 Å². The van der Waals surface area contributed by atoms with E-state index >= 15 is 0 Å². The van der Waals surface area contributed by atoms with E-state index < -0.39 is 0 Å². The van der Waals surface area contributed by atoms with Crippen LogP contribution in [0.2, 0.25) is 5.02 Å². The Kier molecular flexibility index (Phi) is 7.07. The van der Waals surface area contributed by atoms with Crippen molar-refractivity contribution in [3.8, 4) is 11.3 Å². The average Bonchev–Trinajstić information content (AvgIpc) is 3.19. The van der Waals surface area contributed by atoms with Gasteiger partial charge in [0.05, 0.1) is 22.3 Å². The van der Waals surface area contributed by atoms with Crippen molar-refractivity contribution in [2.24, 2.45) is 0 Å². The first kappa shape index (κ1) is 22.3. The molecular formula is C24H23BrClN5O. The summed E-state index contributed by atoms with van der Waals surface area (Å²) in [5.74, 6) is 0.655. The molecule has 4 rings (SSSR count). The Bertz CT molecular complexity index is 1230. The minimum atomic E-state index is -0.177. The van der Waals surface area contributed by atoms with E-state index in [0.29, 0.717) is 23.8 Å². The molecule has 1 amide bonds. The van der Waals surface area contributed by atoms with Crippen LogP contribution in [0.1, 0.15) is 24.8 Å². The van der Waals surface area contributed by atoms with Crippen molar-refractivity contribution in [1.29, 1.82) is 0 Å². The number of rotatable bonds is 8. The number of nitrogens with zero attached hydrogens (tertiary/aromatic N) is 3. The molecule has 0 aliphatic rings. The van der Waals surface area contributed by atoms with E-state index in [1.807, 2.05) is 67.6 Å². The lowest BCUT2D eigenvalue weighted by atomic mass is 10.0. The minimum absolute atomic E-state index is 0.0273. The van der Waals surface area contributed by atoms with E-state index in [1.165, 1.54) is 0 Å². The van der Waals surface area contributed by atoms with Crippen molar-refractivity contribution < 1.29 is 4.79 Å². The summed E-state index contributed by atoms with van der Waals surface area (Å²) < 4.78 is 2.55. The second-order valence-electron chi connectivity index (χ2n) is 7.44. The maximum absolute atomic E-state index is 12.4. The molecule has 1 unspecified atom stereocenters. The quantitative estimate of drug-likeness (QED) is 0.304. The summed E-state index contributed by atoms with van der Waals surface area (Å²) in [4.78, 5) is 17.1. The summed E-state index contributed by atoms with van der Waals surface area (Å²) in [6, 6.07) is 19.3. The molecule has 2 heterocycles. The van der Waals surface area contributed by atoms with Gasteiger partial charge >= 0.3 is 0 Å². The average molecular weight is 513 g/mol. The second-order valence-corrected chi connectivity index (χ2v) is 8.70. The molecule has 32 heavy (non-hydrogen) atoms. The molecule has 0 saturated heterocycles. The summed E-state index contributed by atoms with van der Waals surface area (Å²) in [5, 5.41) is 11.5. The zero-order valence-corrected chi connectivity index (χ0v) is 19.9. The van der Waals surface area contributed by atoms with Gasteiger partial charge in [-0.2, -0.15) is 9.61 Å². The lowest BCUT2D eigenvalue weighted by Gasteiger charge is -2.14. The lowest BCUT2D eigenvalue weighted by molar-refractivity contribution is -0.122. The summed E-state index contributed by atoms with van der Waals surface area (Å²) in [7, 11) is 0. The first-order valence-electron chi connectivity index (χ1n) is 10.4. The zero-order valence-electron chi connectivity index (χ0n) is 17.6. The third-order valence-electron chi connectivity index (χ3n) is 5.23. The standard InChI is InChI=1S/C24H23BrClN5O/c1-16(17-8-3-2-4-9-17)24(32)28-13-7-12-27-22-14-21(18-10-5-6-11-20(18)26)30-23-19(25)15-29-31(22)23/h2-6,8-11,14-16,27H,7,12-13H2,1H3,(H,28,32). The molecule has 6 nitrogen and oxygen atoms in total. The van der Waals surface area contributed by atoms with Gasteiger partial charge in [-0.25, -0.2) is 4.98 Å². The molecular weight excluding hydrogens is 490 g/mol. The van der Waals surface area contributed by atoms with Crippen LogP contribution in [-0.4, -0.2) is 33.6 Å². The normalized spacial score (nSPS) is 12.0. The van der Waals surface area contributed by atoms with Crippen molar-refractivity contribution in [3.05, 3.63) is 81.9 Å². The Balaban J connectivity index is 1.40. The summed E-state index contributed by atoms with van der Waals surface area (Å²) >= 11 is 9.90. The van der Waals surface area contributed by atoms with E-state index in [9.17, 15) is 4.79 Å². The lowest BCUT2D eigenvalue weighted by Crippen LogP contribution is -2.29. The molecule has 2 aromatic carbocycles. The van der Waals surface area contributed by atoms with E-state index in [-0.39, 0.29) is 11.8 Å². The van der Waals surface area contributed by atoms with E-state index in [4.69, 9.17) is 16.6 Å². The predicted octanol–water partition coefficient (Wildman–Crippen LogP) is 5.53. The number of anilines is 1. The molecule has 164 valence electrons. The maximum atomic E-state index is 12.4. The van der Waals surface area contributed by atoms with Crippen LogP contribution in [0.3, 0.4) is 0 Å². The fourth-order valence-electron chi connectivity index (χ4n) is 3.43. The third-order valence-corrected chi connectivity index (χ3v) is 6.12. The van der Waals surface area contributed by atoms with Crippen LogP contribution >= 0.6 is 27.5 Å². The van der Waals surface area contributed by atoms with Gasteiger partial charge in [0.15, 0.2) is 5.65 Å². The van der Waals surface area contributed by atoms with Crippen LogP contribution in [0, 0.1) is 0 Å². The molecule has 0 spiro atoms. The van der Waals surface area contributed by atoms with Gasteiger partial charge in [-0.3, -0.25) is 4.79 Å². The van der Waals surface area contributed by atoms with E-state index in [0.717, 1.165) is 33.5 Å². The minimum Gasteiger partial charge on any atom is -0.370 e. The number of nitrogens with one attached hydrogen (secondary N) is 2. The third kappa shape index (κ3) is 4.95. The molecule has 4 aromatic rings. The number of fused-ring (bicyclic) bond motifs is 1. The van der Waals surface area contributed by atoms with Crippen LogP contribution in [0.4, 0.5) is 5.82 Å². The highest BCUT2D eigenvalue weighted by Gasteiger charge is 2.15.